The molecule has 0 bridgehead atoms. The Bertz CT molecular complexity index is 516. The van der Waals surface area contributed by atoms with Gasteiger partial charge in [0, 0.05) is 6.61 Å². The SMILES string of the molecule is CCCCCCCCCCOB(O)Oc1c(F)c(F)c(F)c(F)c1F. The van der Waals surface area contributed by atoms with Crippen LogP contribution in [0.1, 0.15) is 58.3 Å². The second-order valence-corrected chi connectivity index (χ2v) is 5.67. The van der Waals surface area contributed by atoms with Crippen molar-refractivity contribution in [3.05, 3.63) is 29.1 Å². The second-order valence-electron chi connectivity index (χ2n) is 5.67. The molecule has 142 valence electrons. The second kappa shape index (κ2) is 11.3. The van der Waals surface area contributed by atoms with Crippen molar-refractivity contribution < 1.29 is 36.3 Å². The van der Waals surface area contributed by atoms with E-state index in [4.69, 9.17) is 4.65 Å². The fraction of sp³-hybridized carbons (Fsp3) is 0.625. The Balaban J connectivity index is 2.33. The minimum absolute atomic E-state index is 0.0333. The number of hydrogen-bond acceptors (Lipinski definition) is 3. The lowest BCUT2D eigenvalue weighted by Gasteiger charge is -2.12. The maximum atomic E-state index is 13.4. The molecule has 1 aromatic rings. The van der Waals surface area contributed by atoms with E-state index in [0.717, 1.165) is 25.7 Å². The average molecular weight is 368 g/mol. The average Bonchev–Trinajstić information content (AvgIpc) is 2.60. The summed E-state index contributed by atoms with van der Waals surface area (Å²) in [6.07, 6.45) is 8.22. The fourth-order valence-electron chi connectivity index (χ4n) is 2.24. The first kappa shape index (κ1) is 21.7. The Labute approximate surface area is 144 Å². The predicted molar refractivity (Wildman–Crippen MR) is 83.4 cm³/mol. The third kappa shape index (κ3) is 6.82. The molecule has 0 heterocycles. The topological polar surface area (TPSA) is 38.7 Å². The number of benzene rings is 1. The summed E-state index contributed by atoms with van der Waals surface area (Å²) in [7, 11) is -2.13. The van der Waals surface area contributed by atoms with Crippen LogP contribution in [-0.4, -0.2) is 19.0 Å². The highest BCUT2D eigenvalue weighted by atomic mass is 19.2. The van der Waals surface area contributed by atoms with Crippen molar-refractivity contribution in [2.45, 2.75) is 58.3 Å². The molecule has 0 saturated carbocycles. The van der Waals surface area contributed by atoms with Gasteiger partial charge in [-0.1, -0.05) is 51.9 Å². The molecule has 0 saturated heterocycles. The van der Waals surface area contributed by atoms with Crippen molar-refractivity contribution in [3.8, 4) is 5.75 Å². The van der Waals surface area contributed by atoms with Gasteiger partial charge in [-0.3, -0.25) is 0 Å². The molecule has 0 aliphatic rings. The van der Waals surface area contributed by atoms with Crippen molar-refractivity contribution in [1.29, 1.82) is 0 Å². The molecule has 1 aromatic carbocycles. The highest BCUT2D eigenvalue weighted by Gasteiger charge is 2.30. The highest BCUT2D eigenvalue weighted by Crippen LogP contribution is 2.29. The van der Waals surface area contributed by atoms with E-state index in [1.165, 1.54) is 19.3 Å². The molecule has 0 fully saturated rings. The van der Waals surface area contributed by atoms with Crippen LogP contribution in [0, 0.1) is 29.1 Å². The maximum Gasteiger partial charge on any atom is 0.710 e. The third-order valence-electron chi connectivity index (χ3n) is 3.65. The van der Waals surface area contributed by atoms with E-state index in [-0.39, 0.29) is 6.61 Å². The van der Waals surface area contributed by atoms with Gasteiger partial charge in [0.2, 0.25) is 29.1 Å². The van der Waals surface area contributed by atoms with Crippen molar-refractivity contribution in [3.63, 3.8) is 0 Å². The van der Waals surface area contributed by atoms with E-state index in [0.29, 0.717) is 6.42 Å². The van der Waals surface area contributed by atoms with Crippen LogP contribution < -0.4 is 4.65 Å². The Kier molecular flexibility index (Phi) is 9.81. The van der Waals surface area contributed by atoms with Crippen LogP contribution in [0.5, 0.6) is 5.75 Å². The van der Waals surface area contributed by atoms with Crippen molar-refractivity contribution in [2.75, 3.05) is 6.61 Å². The molecule has 0 atom stereocenters. The van der Waals surface area contributed by atoms with E-state index in [9.17, 15) is 27.0 Å². The number of hydrogen-bond donors (Lipinski definition) is 1. The van der Waals surface area contributed by atoms with Crippen LogP contribution >= 0.6 is 0 Å². The van der Waals surface area contributed by atoms with Gasteiger partial charge in [0.05, 0.1) is 0 Å². The predicted octanol–water partition coefficient (Wildman–Crippen LogP) is 4.90. The Morgan fingerprint density at radius 1 is 0.720 bits per heavy atom. The summed E-state index contributed by atoms with van der Waals surface area (Å²) in [6, 6.07) is 0. The van der Waals surface area contributed by atoms with Crippen LogP contribution in [-0.2, 0) is 4.65 Å². The summed E-state index contributed by atoms with van der Waals surface area (Å²) in [5.41, 5.74) is 0. The minimum Gasteiger partial charge on any atom is -0.507 e. The van der Waals surface area contributed by atoms with Gasteiger partial charge in [0.15, 0.2) is 5.75 Å². The lowest BCUT2D eigenvalue weighted by molar-refractivity contribution is 0.181. The maximum absolute atomic E-state index is 13.4. The third-order valence-corrected chi connectivity index (χ3v) is 3.65. The summed E-state index contributed by atoms with van der Waals surface area (Å²) in [6.45, 7) is 2.17. The Morgan fingerprint density at radius 3 is 1.68 bits per heavy atom. The number of unbranched alkanes of at least 4 members (excludes halogenated alkanes) is 7. The van der Waals surface area contributed by atoms with Gasteiger partial charge in [0.1, 0.15) is 0 Å². The smallest absolute Gasteiger partial charge is 0.507 e. The molecular weight excluding hydrogens is 346 g/mol. The summed E-state index contributed by atoms with van der Waals surface area (Å²) < 4.78 is 74.7. The van der Waals surface area contributed by atoms with Gasteiger partial charge in [-0.25, -0.2) is 13.2 Å². The molecule has 25 heavy (non-hydrogen) atoms. The van der Waals surface area contributed by atoms with Gasteiger partial charge in [0.25, 0.3) is 0 Å². The molecular formula is C16H22BF5O3. The molecule has 0 radical (unpaired) electrons. The van der Waals surface area contributed by atoms with Crippen LogP contribution in [0.15, 0.2) is 0 Å². The van der Waals surface area contributed by atoms with Gasteiger partial charge >= 0.3 is 7.32 Å². The monoisotopic (exact) mass is 368 g/mol. The van der Waals surface area contributed by atoms with Crippen LogP contribution in [0.3, 0.4) is 0 Å². The molecule has 1 rings (SSSR count). The lowest BCUT2D eigenvalue weighted by Crippen LogP contribution is -2.28. The van der Waals surface area contributed by atoms with Gasteiger partial charge in [-0.15, -0.1) is 0 Å². The van der Waals surface area contributed by atoms with E-state index < -0.39 is 42.2 Å². The molecule has 0 unspecified atom stereocenters. The summed E-state index contributed by atoms with van der Waals surface area (Å²) in [4.78, 5) is 0. The van der Waals surface area contributed by atoms with Crippen molar-refractivity contribution in [1.82, 2.24) is 0 Å². The quantitative estimate of drug-likeness (QED) is 0.188. The fourth-order valence-corrected chi connectivity index (χ4v) is 2.24. The highest BCUT2D eigenvalue weighted by molar-refractivity contribution is 6.35. The first-order valence-electron chi connectivity index (χ1n) is 8.37. The summed E-state index contributed by atoms with van der Waals surface area (Å²) in [5, 5.41) is 9.39. The Morgan fingerprint density at radius 2 is 1.16 bits per heavy atom. The summed E-state index contributed by atoms with van der Waals surface area (Å²) >= 11 is 0. The minimum atomic E-state index is -2.29. The number of rotatable bonds is 12. The first-order chi connectivity index (χ1) is 11.9. The molecule has 0 amide bonds. The summed E-state index contributed by atoms with van der Waals surface area (Å²) in [5.74, 6) is -12.5. The van der Waals surface area contributed by atoms with E-state index in [2.05, 4.69) is 11.6 Å². The molecule has 3 nitrogen and oxygen atoms in total. The number of halogens is 5. The zero-order valence-electron chi connectivity index (χ0n) is 14.1. The lowest BCUT2D eigenvalue weighted by atomic mass is 10.1. The van der Waals surface area contributed by atoms with Crippen LogP contribution in [0.4, 0.5) is 22.0 Å². The van der Waals surface area contributed by atoms with Gasteiger partial charge < -0.3 is 14.3 Å². The van der Waals surface area contributed by atoms with E-state index >= 15 is 0 Å². The molecule has 9 heteroatoms. The zero-order chi connectivity index (χ0) is 18.8. The first-order valence-corrected chi connectivity index (χ1v) is 8.37. The van der Waals surface area contributed by atoms with Gasteiger partial charge in [-0.2, -0.15) is 8.78 Å². The molecule has 1 N–H and O–H groups in total. The molecule has 0 aliphatic heterocycles. The standard InChI is InChI=1S/C16H22BF5O3/c1-2-3-4-5-6-7-8-9-10-24-17(23)25-16-14(21)12(19)11(18)13(20)15(16)22/h23H,2-10H2,1H3. The molecule has 0 aromatic heterocycles. The van der Waals surface area contributed by atoms with Crippen LogP contribution in [0.25, 0.3) is 0 Å². The van der Waals surface area contributed by atoms with E-state index in [1.807, 2.05) is 0 Å². The van der Waals surface area contributed by atoms with Crippen molar-refractivity contribution >= 4 is 7.32 Å². The zero-order valence-corrected chi connectivity index (χ0v) is 14.1. The van der Waals surface area contributed by atoms with E-state index in [1.54, 1.807) is 0 Å². The van der Waals surface area contributed by atoms with Crippen LogP contribution in [0.2, 0.25) is 0 Å². The normalized spacial score (nSPS) is 11.0. The Hall–Kier alpha value is -1.35. The van der Waals surface area contributed by atoms with Crippen molar-refractivity contribution in [2.24, 2.45) is 0 Å². The molecule has 0 spiro atoms. The van der Waals surface area contributed by atoms with Gasteiger partial charge in [-0.05, 0) is 6.42 Å². The molecule has 0 aliphatic carbocycles. The largest absolute Gasteiger partial charge is 0.710 e.